The van der Waals surface area contributed by atoms with Gasteiger partial charge in [0.2, 0.25) is 0 Å². The van der Waals surface area contributed by atoms with Crippen LogP contribution in [0.3, 0.4) is 0 Å². The average Bonchev–Trinajstić information content (AvgIpc) is 2.27. The predicted molar refractivity (Wildman–Crippen MR) is 70.8 cm³/mol. The van der Waals surface area contributed by atoms with Gasteiger partial charge in [0, 0.05) is 12.3 Å². The van der Waals surface area contributed by atoms with E-state index in [1.807, 2.05) is 6.92 Å². The molecular weight excluding hydrogens is 255 g/mol. The first-order valence-corrected chi connectivity index (χ1v) is 7.67. The van der Waals surface area contributed by atoms with Crippen LogP contribution in [-0.4, -0.2) is 34.1 Å². The quantitative estimate of drug-likeness (QED) is 0.787. The van der Waals surface area contributed by atoms with Crippen LogP contribution in [0.25, 0.3) is 0 Å². The second-order valence-electron chi connectivity index (χ2n) is 4.04. The van der Waals surface area contributed by atoms with Crippen LogP contribution in [0.2, 0.25) is 0 Å². The maximum atomic E-state index is 11.2. The first-order valence-electron chi connectivity index (χ1n) is 5.61. The Bertz CT molecular complexity index is 499. The van der Waals surface area contributed by atoms with Crippen molar-refractivity contribution in [3.63, 3.8) is 0 Å². The third-order valence-corrected chi connectivity index (χ3v) is 3.36. The van der Waals surface area contributed by atoms with Crippen molar-refractivity contribution in [3.05, 3.63) is 23.8 Å². The number of hydrogen-bond acceptors (Lipinski definition) is 5. The molecule has 0 fully saturated rings. The van der Waals surface area contributed by atoms with Gasteiger partial charge >= 0.3 is 0 Å². The second kappa shape index (κ2) is 6.06. The summed E-state index contributed by atoms with van der Waals surface area (Å²) in [4.78, 5) is 0. The number of ether oxygens (including phenoxy) is 2. The Morgan fingerprint density at radius 1 is 1.33 bits per heavy atom. The minimum atomic E-state index is -3.11. The molecule has 6 heteroatoms. The Hall–Kier alpha value is -1.27. The van der Waals surface area contributed by atoms with Crippen LogP contribution in [0.4, 0.5) is 0 Å². The molecule has 0 aliphatic rings. The number of methoxy groups -OCH3 is 1. The van der Waals surface area contributed by atoms with Crippen LogP contribution >= 0.6 is 0 Å². The van der Waals surface area contributed by atoms with Gasteiger partial charge in [-0.1, -0.05) is 6.07 Å². The summed E-state index contributed by atoms with van der Waals surface area (Å²) < 4.78 is 33.0. The van der Waals surface area contributed by atoms with Crippen molar-refractivity contribution < 1.29 is 17.9 Å². The van der Waals surface area contributed by atoms with E-state index in [1.165, 1.54) is 6.26 Å². The molecule has 0 bridgehead atoms. The summed E-state index contributed by atoms with van der Waals surface area (Å²) in [5.74, 6) is 1.08. The van der Waals surface area contributed by atoms with Crippen molar-refractivity contribution in [2.45, 2.75) is 13.0 Å². The van der Waals surface area contributed by atoms with Gasteiger partial charge in [-0.05, 0) is 24.6 Å². The lowest BCUT2D eigenvalue weighted by molar-refractivity contribution is 0.310. The van der Waals surface area contributed by atoms with Crippen LogP contribution in [0, 0.1) is 0 Å². The summed E-state index contributed by atoms with van der Waals surface area (Å²) in [6.45, 7) is 2.36. The molecule has 0 spiro atoms. The molecule has 0 aliphatic heterocycles. The van der Waals surface area contributed by atoms with Gasteiger partial charge < -0.3 is 15.2 Å². The molecule has 1 aromatic carbocycles. The smallest absolute Gasteiger partial charge is 0.161 e. The monoisotopic (exact) mass is 274 g/mol. The summed E-state index contributed by atoms with van der Waals surface area (Å²) in [6, 6.07) is 4.63. The van der Waals surface area contributed by atoms with Crippen LogP contribution in [0.15, 0.2) is 18.2 Å². The van der Waals surface area contributed by atoms with Gasteiger partial charge in [-0.2, -0.15) is 0 Å². The Morgan fingerprint density at radius 2 is 2.00 bits per heavy atom. The zero-order valence-corrected chi connectivity index (χ0v) is 11.7. The van der Waals surface area contributed by atoms with Crippen molar-refractivity contribution in [1.29, 1.82) is 0 Å². The maximum Gasteiger partial charge on any atom is 0.161 e. The van der Waals surface area contributed by atoms with E-state index < -0.39 is 15.9 Å². The van der Waals surface area contributed by atoms with Crippen LogP contribution in [0.5, 0.6) is 11.5 Å². The van der Waals surface area contributed by atoms with E-state index >= 15 is 0 Å². The predicted octanol–water partition coefficient (Wildman–Crippen LogP) is 1.14. The number of nitrogens with two attached hydrogens (primary N) is 1. The van der Waals surface area contributed by atoms with Crippen LogP contribution < -0.4 is 15.2 Å². The Morgan fingerprint density at radius 3 is 2.50 bits per heavy atom. The molecule has 5 nitrogen and oxygen atoms in total. The fourth-order valence-electron chi connectivity index (χ4n) is 1.61. The molecule has 1 atom stereocenters. The highest BCUT2D eigenvalue weighted by molar-refractivity contribution is 7.90. The summed E-state index contributed by atoms with van der Waals surface area (Å²) in [5.41, 5.74) is 6.57. The molecule has 0 heterocycles. The highest BCUT2D eigenvalue weighted by atomic mass is 32.2. The van der Waals surface area contributed by atoms with Crippen molar-refractivity contribution in [2.24, 2.45) is 5.73 Å². The number of benzene rings is 1. The third kappa shape index (κ3) is 4.19. The summed E-state index contributed by atoms with van der Waals surface area (Å²) in [6.07, 6.45) is 1.17. The van der Waals surface area contributed by atoms with E-state index in [0.29, 0.717) is 23.7 Å². The lowest BCUT2D eigenvalue weighted by atomic mass is 10.1. The number of rotatable bonds is 6. The number of sulfone groups is 1. The fraction of sp³-hybridized carbons (Fsp3) is 0.500. The lowest BCUT2D eigenvalue weighted by Crippen LogP contribution is -2.20. The molecule has 0 unspecified atom stereocenters. The Kier molecular flexibility index (Phi) is 4.98. The van der Waals surface area contributed by atoms with E-state index in [0.717, 1.165) is 0 Å². The molecule has 2 N–H and O–H groups in total. The van der Waals surface area contributed by atoms with Crippen LogP contribution in [0.1, 0.15) is 18.5 Å². The molecule has 0 aliphatic carbocycles. The van der Waals surface area contributed by atoms with E-state index in [4.69, 9.17) is 15.2 Å². The van der Waals surface area contributed by atoms with Gasteiger partial charge in [0.15, 0.2) is 11.5 Å². The average molecular weight is 274 g/mol. The largest absolute Gasteiger partial charge is 0.493 e. The van der Waals surface area contributed by atoms with Gasteiger partial charge in [-0.25, -0.2) is 8.42 Å². The number of hydrogen-bond donors (Lipinski definition) is 1. The van der Waals surface area contributed by atoms with E-state index in [2.05, 4.69) is 0 Å². The summed E-state index contributed by atoms with van der Waals surface area (Å²) in [5, 5.41) is 0. The molecular formula is C12H19NO4S. The van der Waals surface area contributed by atoms with Gasteiger partial charge in [-0.15, -0.1) is 0 Å². The lowest BCUT2D eigenvalue weighted by Gasteiger charge is -2.15. The van der Waals surface area contributed by atoms with Gasteiger partial charge in [-0.3, -0.25) is 0 Å². The third-order valence-electron chi connectivity index (χ3n) is 2.40. The minimum Gasteiger partial charge on any atom is -0.493 e. The van der Waals surface area contributed by atoms with E-state index in [-0.39, 0.29) is 5.75 Å². The van der Waals surface area contributed by atoms with Gasteiger partial charge in [0.25, 0.3) is 0 Å². The van der Waals surface area contributed by atoms with Crippen molar-refractivity contribution in [1.82, 2.24) is 0 Å². The first kappa shape index (κ1) is 14.8. The zero-order valence-electron chi connectivity index (χ0n) is 10.8. The minimum absolute atomic E-state index is 0.0924. The Balaban J connectivity index is 3.00. The molecule has 0 aromatic heterocycles. The highest BCUT2D eigenvalue weighted by Gasteiger charge is 2.15. The zero-order chi connectivity index (χ0) is 13.8. The fourth-order valence-corrected chi connectivity index (χ4v) is 2.46. The summed E-state index contributed by atoms with van der Waals surface area (Å²) >= 11 is 0. The highest BCUT2D eigenvalue weighted by Crippen LogP contribution is 2.30. The molecule has 102 valence electrons. The SMILES string of the molecule is CCOc1cc([C@H]([15NH2])CS(C)(=O)=O)ccc1OC. The molecule has 18 heavy (non-hydrogen) atoms. The van der Waals surface area contributed by atoms with Crippen molar-refractivity contribution in [3.8, 4) is 11.5 Å². The Labute approximate surface area is 108 Å². The topological polar surface area (TPSA) is 78.6 Å². The normalized spacial score (nSPS) is 13.1. The molecule has 1 aromatic rings. The molecule has 0 saturated heterocycles. The maximum absolute atomic E-state index is 11.2. The van der Waals surface area contributed by atoms with E-state index in [9.17, 15) is 8.42 Å². The van der Waals surface area contributed by atoms with Gasteiger partial charge in [0.05, 0.1) is 19.5 Å². The van der Waals surface area contributed by atoms with Crippen LogP contribution in [-0.2, 0) is 9.84 Å². The van der Waals surface area contributed by atoms with E-state index in [1.54, 1.807) is 25.3 Å². The van der Waals surface area contributed by atoms with Crippen molar-refractivity contribution >= 4 is 9.84 Å². The summed E-state index contributed by atoms with van der Waals surface area (Å²) in [7, 11) is -1.56. The molecule has 0 saturated carbocycles. The van der Waals surface area contributed by atoms with Crippen molar-refractivity contribution in [2.75, 3.05) is 25.7 Å². The standard InChI is InChI=1S/C12H19NO4S/c1-4-17-12-7-9(5-6-11(12)16-2)10(13)8-18(3,14)15/h5-7,10H,4,8,13H2,1-3H3/t10-/m1/s1/i13+1. The molecule has 0 radical (unpaired) electrons. The molecule has 1 rings (SSSR count). The molecule has 0 amide bonds. The first-order chi connectivity index (χ1) is 8.37. The second-order valence-corrected chi connectivity index (χ2v) is 6.23. The van der Waals surface area contributed by atoms with Gasteiger partial charge in [0.1, 0.15) is 9.84 Å².